The van der Waals surface area contributed by atoms with Gasteiger partial charge in [0.1, 0.15) is 0 Å². The Morgan fingerprint density at radius 1 is 1.17 bits per heavy atom. The molecule has 2 N–H and O–H groups in total. The van der Waals surface area contributed by atoms with E-state index in [0.717, 1.165) is 30.0 Å². The molecule has 0 unspecified atom stereocenters. The molecule has 0 aromatic heterocycles. The minimum absolute atomic E-state index is 0.0305. The average Bonchev–Trinajstić information content (AvgIpc) is 3.14. The third kappa shape index (κ3) is 5.77. The number of nitrogens with zero attached hydrogens (tertiary/aromatic N) is 1. The van der Waals surface area contributed by atoms with E-state index in [4.69, 9.17) is 4.74 Å². The molecule has 0 bridgehead atoms. The molecule has 0 heterocycles. The fourth-order valence-corrected chi connectivity index (χ4v) is 3.90. The van der Waals surface area contributed by atoms with Crippen LogP contribution in [-0.2, 0) is 19.6 Å². The SMILES string of the molecule is Cc1ccc(S(=O)(=O)N(C)C)cc1C(=O)O[C@@H](C)C(=O)NC(=O)NC1CCCC1. The van der Waals surface area contributed by atoms with Crippen molar-refractivity contribution in [3.05, 3.63) is 29.3 Å². The van der Waals surface area contributed by atoms with Gasteiger partial charge in [-0.1, -0.05) is 18.9 Å². The van der Waals surface area contributed by atoms with Gasteiger partial charge in [-0.15, -0.1) is 0 Å². The van der Waals surface area contributed by atoms with E-state index >= 15 is 0 Å². The molecule has 1 aliphatic carbocycles. The van der Waals surface area contributed by atoms with Crippen molar-refractivity contribution in [3.8, 4) is 0 Å². The van der Waals surface area contributed by atoms with Gasteiger partial charge in [-0.2, -0.15) is 0 Å². The van der Waals surface area contributed by atoms with Gasteiger partial charge in [0.2, 0.25) is 10.0 Å². The maximum absolute atomic E-state index is 12.5. The number of carbonyl (C=O) groups is 3. The molecule has 9 nitrogen and oxygen atoms in total. The lowest BCUT2D eigenvalue weighted by Crippen LogP contribution is -2.47. The predicted molar refractivity (Wildman–Crippen MR) is 106 cm³/mol. The monoisotopic (exact) mass is 425 g/mol. The number of hydrogen-bond donors (Lipinski definition) is 2. The summed E-state index contributed by atoms with van der Waals surface area (Å²) in [6.45, 7) is 2.97. The van der Waals surface area contributed by atoms with Crippen LogP contribution in [0.2, 0.25) is 0 Å². The highest BCUT2D eigenvalue weighted by molar-refractivity contribution is 7.89. The molecule has 1 aromatic rings. The van der Waals surface area contributed by atoms with Crippen molar-refractivity contribution in [2.45, 2.75) is 56.6 Å². The van der Waals surface area contributed by atoms with Crippen molar-refractivity contribution in [2.24, 2.45) is 0 Å². The molecule has 1 atom stereocenters. The quantitative estimate of drug-likeness (QED) is 0.667. The summed E-state index contributed by atoms with van der Waals surface area (Å²) in [6, 6.07) is 3.52. The van der Waals surface area contributed by atoms with Gasteiger partial charge >= 0.3 is 12.0 Å². The van der Waals surface area contributed by atoms with Crippen molar-refractivity contribution >= 4 is 27.9 Å². The van der Waals surface area contributed by atoms with Gasteiger partial charge in [-0.05, 0) is 44.4 Å². The van der Waals surface area contributed by atoms with E-state index in [1.165, 1.54) is 39.2 Å². The van der Waals surface area contributed by atoms with Gasteiger partial charge in [-0.25, -0.2) is 22.3 Å². The van der Waals surface area contributed by atoms with Gasteiger partial charge in [0.15, 0.2) is 6.10 Å². The summed E-state index contributed by atoms with van der Waals surface area (Å²) in [5, 5.41) is 4.87. The standard InChI is InChI=1S/C19H27N3O6S/c1-12-9-10-15(29(26,27)22(3)4)11-16(12)18(24)28-13(2)17(23)21-19(25)20-14-7-5-6-8-14/h9-11,13-14H,5-8H2,1-4H3,(H2,20,21,23,25)/t13-/m0/s1. The average molecular weight is 426 g/mol. The van der Waals surface area contributed by atoms with Crippen LogP contribution in [0.3, 0.4) is 0 Å². The van der Waals surface area contributed by atoms with E-state index in [1.807, 2.05) is 0 Å². The predicted octanol–water partition coefficient (Wildman–Crippen LogP) is 1.56. The minimum atomic E-state index is -3.73. The van der Waals surface area contributed by atoms with Crippen molar-refractivity contribution < 1.29 is 27.5 Å². The number of hydrogen-bond acceptors (Lipinski definition) is 6. The first-order valence-corrected chi connectivity index (χ1v) is 10.8. The Labute approximate surface area is 170 Å². The molecular weight excluding hydrogens is 398 g/mol. The summed E-state index contributed by atoms with van der Waals surface area (Å²) >= 11 is 0. The van der Waals surface area contributed by atoms with Crippen LogP contribution in [0.25, 0.3) is 0 Å². The van der Waals surface area contributed by atoms with Crippen LogP contribution in [0.5, 0.6) is 0 Å². The molecule has 2 rings (SSSR count). The van der Waals surface area contributed by atoms with Crippen molar-refractivity contribution in [1.82, 2.24) is 14.9 Å². The molecule has 1 aromatic carbocycles. The third-order valence-electron chi connectivity index (χ3n) is 4.79. The Morgan fingerprint density at radius 3 is 2.38 bits per heavy atom. The highest BCUT2D eigenvalue weighted by Crippen LogP contribution is 2.20. The van der Waals surface area contributed by atoms with Crippen LogP contribution in [0.15, 0.2) is 23.1 Å². The van der Waals surface area contributed by atoms with Crippen molar-refractivity contribution in [2.75, 3.05) is 14.1 Å². The lowest BCUT2D eigenvalue weighted by Gasteiger charge is -2.17. The largest absolute Gasteiger partial charge is 0.449 e. The number of nitrogens with one attached hydrogen (secondary N) is 2. The van der Waals surface area contributed by atoms with E-state index < -0.39 is 34.0 Å². The van der Waals surface area contributed by atoms with E-state index in [1.54, 1.807) is 6.92 Å². The maximum atomic E-state index is 12.5. The van der Waals surface area contributed by atoms with Gasteiger partial charge < -0.3 is 10.1 Å². The highest BCUT2D eigenvalue weighted by Gasteiger charge is 2.25. The number of amides is 3. The molecule has 1 fully saturated rings. The molecule has 160 valence electrons. The summed E-state index contributed by atoms with van der Waals surface area (Å²) < 4.78 is 30.7. The Bertz CT molecular complexity index is 891. The van der Waals surface area contributed by atoms with E-state index in [0.29, 0.717) is 5.56 Å². The number of imide groups is 1. The topological polar surface area (TPSA) is 122 Å². The Morgan fingerprint density at radius 2 is 1.79 bits per heavy atom. The van der Waals surface area contributed by atoms with Crippen LogP contribution in [0.1, 0.15) is 48.5 Å². The molecule has 1 aliphatic rings. The zero-order valence-corrected chi connectivity index (χ0v) is 17.8. The smallest absolute Gasteiger partial charge is 0.339 e. The Hall–Kier alpha value is -2.46. The van der Waals surface area contributed by atoms with Crippen LogP contribution >= 0.6 is 0 Å². The van der Waals surface area contributed by atoms with E-state index in [9.17, 15) is 22.8 Å². The first kappa shape index (κ1) is 22.8. The van der Waals surface area contributed by atoms with E-state index in [2.05, 4.69) is 10.6 Å². The van der Waals surface area contributed by atoms with Crippen molar-refractivity contribution in [3.63, 3.8) is 0 Å². The van der Waals surface area contributed by atoms with Crippen LogP contribution in [0.4, 0.5) is 4.79 Å². The molecule has 29 heavy (non-hydrogen) atoms. The van der Waals surface area contributed by atoms with E-state index in [-0.39, 0.29) is 16.5 Å². The Balaban J connectivity index is 2.03. The fourth-order valence-electron chi connectivity index (χ4n) is 2.98. The van der Waals surface area contributed by atoms with Gasteiger partial charge in [0.25, 0.3) is 5.91 Å². The summed E-state index contributed by atoms with van der Waals surface area (Å²) in [6.07, 6.45) is 2.59. The number of aryl methyl sites for hydroxylation is 1. The molecular formula is C19H27N3O6S. The van der Waals surface area contributed by atoms with Gasteiger partial charge in [-0.3, -0.25) is 10.1 Å². The second-order valence-corrected chi connectivity index (χ2v) is 9.41. The minimum Gasteiger partial charge on any atom is -0.449 e. The number of esters is 1. The first-order valence-electron chi connectivity index (χ1n) is 9.38. The summed E-state index contributed by atoms with van der Waals surface area (Å²) in [7, 11) is -0.958. The number of ether oxygens (including phenoxy) is 1. The number of urea groups is 1. The van der Waals surface area contributed by atoms with Crippen LogP contribution in [-0.4, -0.2) is 56.9 Å². The lowest BCUT2D eigenvalue weighted by atomic mass is 10.1. The maximum Gasteiger partial charge on any atom is 0.339 e. The second-order valence-electron chi connectivity index (χ2n) is 7.26. The molecule has 0 saturated heterocycles. The summed E-state index contributed by atoms with van der Waals surface area (Å²) in [5.74, 6) is -1.61. The number of benzene rings is 1. The summed E-state index contributed by atoms with van der Waals surface area (Å²) in [5.41, 5.74) is 0.530. The molecule has 0 radical (unpaired) electrons. The molecule has 1 saturated carbocycles. The zero-order chi connectivity index (χ0) is 21.8. The number of carbonyl (C=O) groups excluding carboxylic acids is 3. The lowest BCUT2D eigenvalue weighted by molar-refractivity contribution is -0.127. The number of sulfonamides is 1. The normalized spacial score (nSPS) is 15.8. The number of rotatable bonds is 6. The fraction of sp³-hybridized carbons (Fsp3) is 0.526. The Kier molecular flexibility index (Phi) is 7.37. The first-order chi connectivity index (χ1) is 13.5. The van der Waals surface area contributed by atoms with Gasteiger partial charge in [0.05, 0.1) is 10.5 Å². The van der Waals surface area contributed by atoms with Crippen molar-refractivity contribution in [1.29, 1.82) is 0 Å². The molecule has 0 spiro atoms. The third-order valence-corrected chi connectivity index (χ3v) is 6.60. The highest BCUT2D eigenvalue weighted by atomic mass is 32.2. The molecule has 10 heteroatoms. The van der Waals surface area contributed by atoms with Gasteiger partial charge in [0, 0.05) is 20.1 Å². The van der Waals surface area contributed by atoms with Crippen LogP contribution < -0.4 is 10.6 Å². The zero-order valence-electron chi connectivity index (χ0n) is 17.0. The molecule has 3 amide bonds. The molecule has 0 aliphatic heterocycles. The second kappa shape index (κ2) is 9.36. The van der Waals surface area contributed by atoms with Crippen LogP contribution in [0, 0.1) is 6.92 Å². The summed E-state index contributed by atoms with van der Waals surface area (Å²) in [4.78, 5) is 36.5.